The van der Waals surface area contributed by atoms with Crippen molar-refractivity contribution in [3.05, 3.63) is 109 Å². The molecule has 0 aliphatic rings. The van der Waals surface area contributed by atoms with E-state index in [0.29, 0.717) is 0 Å². The van der Waals surface area contributed by atoms with E-state index in [4.69, 9.17) is 4.98 Å². The van der Waals surface area contributed by atoms with E-state index in [0.717, 1.165) is 33.3 Å². The summed E-state index contributed by atoms with van der Waals surface area (Å²) in [5.74, 6) is 0.284. The molecule has 0 aliphatic heterocycles. The molecule has 4 aromatic carbocycles. The maximum atomic E-state index is 9.38. The first-order valence-corrected chi connectivity index (χ1v) is 8.88. The molecular formula is C25H19FeNO-6. The number of para-hydroxylation sites is 1. The van der Waals surface area contributed by atoms with Gasteiger partial charge in [0.1, 0.15) is 5.75 Å². The summed E-state index contributed by atoms with van der Waals surface area (Å²) in [5.41, 5.74) is 5.31. The van der Waals surface area contributed by atoms with E-state index in [-0.39, 0.29) is 22.8 Å². The first-order valence-electron chi connectivity index (χ1n) is 8.88. The molecule has 144 valence electrons. The molecule has 0 amide bonds. The van der Waals surface area contributed by atoms with Gasteiger partial charge in [0.05, 0.1) is 5.52 Å². The van der Waals surface area contributed by atoms with Crippen LogP contribution in [0.1, 0.15) is 0 Å². The molecule has 0 atom stereocenters. The smallest absolute Gasteiger partial charge is 0.100 e. The molecule has 3 heteroatoms. The molecule has 1 heterocycles. The Morgan fingerprint density at radius 2 is 1.43 bits per heavy atom. The van der Waals surface area contributed by atoms with E-state index < -0.39 is 0 Å². The first kappa shape index (κ1) is 19.6. The number of benzene rings is 2. The predicted molar refractivity (Wildman–Crippen MR) is 112 cm³/mol. The molecule has 0 unspecified atom stereocenters. The van der Waals surface area contributed by atoms with Gasteiger partial charge in [0.15, 0.2) is 0 Å². The minimum absolute atomic E-state index is 0. The number of pyridine rings is 1. The third-order valence-electron chi connectivity index (χ3n) is 4.40. The summed E-state index contributed by atoms with van der Waals surface area (Å²) in [6.07, 6.45) is 0. The monoisotopic (exact) mass is 405 g/mol. The molecular weight excluding hydrogens is 386 g/mol. The second-order valence-electron chi connectivity index (χ2n) is 6.29. The molecule has 0 fully saturated rings. The van der Waals surface area contributed by atoms with Crippen molar-refractivity contribution in [1.82, 2.24) is 4.98 Å². The SMILES string of the molecule is Oc1ccc(-[c-]2ccc(-c3ccc4ccccc4n3)c2)cc1.[Fe].[cH-]1[cH-][cH-][cH-][cH-]1. The Bertz CT molecular complexity index is 1110. The van der Waals surface area contributed by atoms with Gasteiger partial charge in [-0.15, -0.1) is 35.9 Å². The van der Waals surface area contributed by atoms with Crippen molar-refractivity contribution in [3.63, 3.8) is 0 Å². The van der Waals surface area contributed by atoms with Crippen molar-refractivity contribution >= 4 is 10.9 Å². The maximum absolute atomic E-state index is 9.38. The second-order valence-corrected chi connectivity index (χ2v) is 6.29. The molecule has 0 saturated carbocycles. The van der Waals surface area contributed by atoms with E-state index in [1.165, 1.54) is 0 Å². The molecule has 5 rings (SSSR count). The molecule has 1 N–H and O–H groups in total. The minimum atomic E-state index is 0. The standard InChI is InChI=1S/C20H14NO.C5H5.Fe/c22-18-10-7-14(8-11-18)16-5-6-17(13-16)20-12-9-15-3-1-2-4-19(15)21-20;1-2-4-5-3-1;/h1-13,22H;1-5H;/q-1;-5;. The van der Waals surface area contributed by atoms with Gasteiger partial charge < -0.3 is 35.4 Å². The molecule has 0 spiro atoms. The molecule has 2 nitrogen and oxygen atoms in total. The average Bonchev–Trinajstić information content (AvgIpc) is 3.43. The van der Waals surface area contributed by atoms with Crippen LogP contribution in [0.25, 0.3) is 33.3 Å². The van der Waals surface area contributed by atoms with Gasteiger partial charge in [0.2, 0.25) is 0 Å². The minimum Gasteiger partial charge on any atom is -0.748 e. The van der Waals surface area contributed by atoms with E-state index in [1.54, 1.807) is 12.1 Å². The van der Waals surface area contributed by atoms with Gasteiger partial charge in [0, 0.05) is 28.1 Å². The summed E-state index contributed by atoms with van der Waals surface area (Å²) in [5, 5.41) is 10.5. The van der Waals surface area contributed by atoms with Gasteiger partial charge in [-0.25, -0.2) is 0 Å². The normalized spacial score (nSPS) is 10.0. The summed E-state index contributed by atoms with van der Waals surface area (Å²) in [6, 6.07) is 35.8. The molecule has 5 aromatic rings. The van der Waals surface area contributed by atoms with Crippen LogP contribution in [0.5, 0.6) is 5.75 Å². The quantitative estimate of drug-likeness (QED) is 0.273. The summed E-state index contributed by atoms with van der Waals surface area (Å²) < 4.78 is 0. The number of aromatic nitrogens is 1. The summed E-state index contributed by atoms with van der Waals surface area (Å²) in [4.78, 5) is 4.73. The number of phenols is 1. The number of fused-ring (bicyclic) bond motifs is 1. The van der Waals surface area contributed by atoms with Crippen molar-refractivity contribution in [2.45, 2.75) is 0 Å². The molecule has 1 aromatic heterocycles. The van der Waals surface area contributed by atoms with Gasteiger partial charge in [-0.1, -0.05) is 47.5 Å². The van der Waals surface area contributed by atoms with E-state index >= 15 is 0 Å². The van der Waals surface area contributed by atoms with Crippen LogP contribution < -0.4 is 0 Å². The number of rotatable bonds is 2. The molecule has 0 saturated heterocycles. The van der Waals surface area contributed by atoms with Crippen molar-refractivity contribution in [3.8, 4) is 28.1 Å². The van der Waals surface area contributed by atoms with Crippen molar-refractivity contribution in [1.29, 1.82) is 0 Å². The van der Waals surface area contributed by atoms with Crippen LogP contribution in [-0.2, 0) is 17.1 Å². The Kier molecular flexibility index (Phi) is 6.44. The van der Waals surface area contributed by atoms with E-state index in [9.17, 15) is 5.11 Å². The topological polar surface area (TPSA) is 33.1 Å². The van der Waals surface area contributed by atoms with E-state index in [1.807, 2.05) is 60.7 Å². The Morgan fingerprint density at radius 3 is 2.14 bits per heavy atom. The number of hydrogen-bond acceptors (Lipinski definition) is 2. The number of nitrogens with zero attached hydrogens (tertiary/aromatic N) is 1. The number of aromatic hydroxyl groups is 1. The Hall–Kier alpha value is -3.13. The van der Waals surface area contributed by atoms with Crippen LogP contribution in [0.4, 0.5) is 0 Å². The molecule has 0 bridgehead atoms. The van der Waals surface area contributed by atoms with Gasteiger partial charge in [-0.05, 0) is 12.1 Å². The summed E-state index contributed by atoms with van der Waals surface area (Å²) >= 11 is 0. The summed E-state index contributed by atoms with van der Waals surface area (Å²) in [7, 11) is 0. The first-order chi connectivity index (χ1) is 13.3. The van der Waals surface area contributed by atoms with Gasteiger partial charge in [-0.2, -0.15) is 0 Å². The predicted octanol–water partition coefficient (Wildman–Crippen LogP) is 6.40. The number of phenolic OH excluding ortho intramolecular Hbond substituents is 1. The zero-order valence-electron chi connectivity index (χ0n) is 15.1. The van der Waals surface area contributed by atoms with Gasteiger partial charge in [0.25, 0.3) is 0 Å². The maximum Gasteiger partial charge on any atom is 0.100 e. The molecule has 0 aliphatic carbocycles. The van der Waals surface area contributed by atoms with Crippen LogP contribution in [0.2, 0.25) is 0 Å². The Balaban J connectivity index is 0.000000329. The van der Waals surface area contributed by atoms with E-state index in [2.05, 4.69) is 36.4 Å². The summed E-state index contributed by atoms with van der Waals surface area (Å²) in [6.45, 7) is 0. The van der Waals surface area contributed by atoms with Crippen molar-refractivity contribution in [2.24, 2.45) is 0 Å². The van der Waals surface area contributed by atoms with Gasteiger partial charge in [-0.3, -0.25) is 4.98 Å². The fourth-order valence-electron chi connectivity index (χ4n) is 2.98. The molecule has 0 radical (unpaired) electrons. The van der Waals surface area contributed by atoms with Crippen LogP contribution in [-0.4, -0.2) is 10.1 Å². The second kappa shape index (κ2) is 9.18. The van der Waals surface area contributed by atoms with Crippen LogP contribution in [0, 0.1) is 0 Å². The van der Waals surface area contributed by atoms with Crippen molar-refractivity contribution < 1.29 is 22.2 Å². The molecule has 28 heavy (non-hydrogen) atoms. The zero-order chi connectivity index (χ0) is 18.5. The third-order valence-corrected chi connectivity index (χ3v) is 4.40. The fourth-order valence-corrected chi connectivity index (χ4v) is 2.98. The van der Waals surface area contributed by atoms with Crippen LogP contribution >= 0.6 is 0 Å². The Morgan fingerprint density at radius 1 is 0.750 bits per heavy atom. The van der Waals surface area contributed by atoms with Gasteiger partial charge >= 0.3 is 0 Å². The van der Waals surface area contributed by atoms with Crippen LogP contribution in [0.3, 0.4) is 0 Å². The largest absolute Gasteiger partial charge is 0.748 e. The Labute approximate surface area is 175 Å². The van der Waals surface area contributed by atoms with Crippen molar-refractivity contribution in [2.75, 3.05) is 0 Å². The number of hydrogen-bond donors (Lipinski definition) is 1. The zero-order valence-corrected chi connectivity index (χ0v) is 16.2. The average molecular weight is 405 g/mol. The fraction of sp³-hybridized carbons (Fsp3) is 0. The van der Waals surface area contributed by atoms with Crippen LogP contribution in [0.15, 0.2) is 109 Å². The third kappa shape index (κ3) is 4.58.